The lowest BCUT2D eigenvalue weighted by Gasteiger charge is -2.16. The summed E-state index contributed by atoms with van der Waals surface area (Å²) in [6.07, 6.45) is 1.84. The second-order valence-electron chi connectivity index (χ2n) is 7.44. The normalized spacial score (nSPS) is 12.8. The fourth-order valence-corrected chi connectivity index (χ4v) is 3.59. The summed E-state index contributed by atoms with van der Waals surface area (Å²) in [6.45, 7) is 1.64. The van der Waals surface area contributed by atoms with E-state index in [1.165, 1.54) is 12.1 Å². The molecule has 0 fully saturated rings. The van der Waals surface area contributed by atoms with Gasteiger partial charge in [-0.2, -0.15) is 4.98 Å². The molecule has 0 bridgehead atoms. The molecular formula is C22H22N4O7. The van der Waals surface area contributed by atoms with Crippen LogP contribution in [0.1, 0.15) is 52.5 Å². The number of aromatic amines is 1. The van der Waals surface area contributed by atoms with E-state index < -0.39 is 36.2 Å². The number of carboxylic acids is 2. The third-order valence-electron chi connectivity index (χ3n) is 5.19. The average Bonchev–Trinajstić information content (AvgIpc) is 3.18. The quantitative estimate of drug-likeness (QED) is 0.285. The van der Waals surface area contributed by atoms with E-state index in [-0.39, 0.29) is 24.3 Å². The van der Waals surface area contributed by atoms with Gasteiger partial charge >= 0.3 is 11.9 Å². The Kier molecular flexibility index (Phi) is 7.01. The highest BCUT2D eigenvalue weighted by atomic mass is 16.4. The van der Waals surface area contributed by atoms with Crippen LogP contribution in [0.15, 0.2) is 30.5 Å². The molecule has 1 unspecified atom stereocenters. The van der Waals surface area contributed by atoms with Crippen LogP contribution in [-0.2, 0) is 14.4 Å². The van der Waals surface area contributed by atoms with Crippen molar-refractivity contribution < 1.29 is 34.5 Å². The number of hydrogen-bond donors (Lipinski definition) is 5. The molecule has 2 aromatic heterocycles. The van der Waals surface area contributed by atoms with Crippen LogP contribution in [0.5, 0.6) is 5.88 Å². The summed E-state index contributed by atoms with van der Waals surface area (Å²) < 4.78 is 0. The third kappa shape index (κ3) is 5.32. The van der Waals surface area contributed by atoms with Crippen LogP contribution < -0.4 is 5.32 Å². The number of aromatic hydroxyl groups is 1. The Balaban J connectivity index is 1.85. The minimum absolute atomic E-state index is 0.0993. The second-order valence-corrected chi connectivity index (χ2v) is 7.44. The van der Waals surface area contributed by atoms with Gasteiger partial charge in [0.05, 0.1) is 5.39 Å². The van der Waals surface area contributed by atoms with Crippen molar-refractivity contribution in [3.8, 4) is 5.88 Å². The van der Waals surface area contributed by atoms with Crippen LogP contribution in [0, 0.1) is 6.92 Å². The minimum atomic E-state index is -1.34. The molecule has 11 heteroatoms. The summed E-state index contributed by atoms with van der Waals surface area (Å²) in [5, 5.41) is 31.0. The molecule has 0 saturated carbocycles. The number of nitrogens with one attached hydrogen (secondary N) is 2. The molecule has 5 N–H and O–H groups in total. The van der Waals surface area contributed by atoms with Gasteiger partial charge < -0.3 is 30.4 Å². The van der Waals surface area contributed by atoms with Crippen LogP contribution in [0.25, 0.3) is 11.0 Å². The van der Waals surface area contributed by atoms with E-state index in [2.05, 4.69) is 20.3 Å². The molecule has 0 radical (unpaired) electrons. The topological polar surface area (TPSA) is 183 Å². The Morgan fingerprint density at radius 3 is 2.45 bits per heavy atom. The highest BCUT2D eigenvalue weighted by molar-refractivity contribution is 5.96. The SMILES string of the molecule is Cc1nc(O)c2c(C(CC=O)c3ccc(C(=O)N[C@@H](CCC(=O)O)C(=O)O)cc3)c[nH]c2n1. The number of aromatic nitrogens is 3. The number of hydrogen-bond acceptors (Lipinski definition) is 7. The molecule has 33 heavy (non-hydrogen) atoms. The van der Waals surface area contributed by atoms with E-state index in [9.17, 15) is 29.4 Å². The van der Waals surface area contributed by atoms with E-state index in [1.54, 1.807) is 25.3 Å². The van der Waals surface area contributed by atoms with Gasteiger partial charge in [0.1, 0.15) is 23.8 Å². The number of H-pyrrole nitrogens is 1. The number of nitrogens with zero attached hydrogens (tertiary/aromatic N) is 2. The molecule has 2 atom stereocenters. The van der Waals surface area contributed by atoms with Crippen molar-refractivity contribution in [2.45, 2.75) is 38.1 Å². The van der Waals surface area contributed by atoms with Crippen LogP contribution in [0.3, 0.4) is 0 Å². The van der Waals surface area contributed by atoms with Gasteiger partial charge in [0.15, 0.2) is 0 Å². The molecule has 2 heterocycles. The van der Waals surface area contributed by atoms with Crippen molar-refractivity contribution in [1.29, 1.82) is 0 Å². The molecule has 0 saturated heterocycles. The smallest absolute Gasteiger partial charge is 0.326 e. The van der Waals surface area contributed by atoms with Gasteiger partial charge in [-0.15, -0.1) is 0 Å². The van der Waals surface area contributed by atoms with E-state index in [1.807, 2.05) is 0 Å². The first-order valence-corrected chi connectivity index (χ1v) is 10.0. The lowest BCUT2D eigenvalue weighted by Crippen LogP contribution is -2.41. The van der Waals surface area contributed by atoms with Gasteiger partial charge in [0.25, 0.3) is 5.91 Å². The number of amides is 1. The summed E-state index contributed by atoms with van der Waals surface area (Å²) in [7, 11) is 0. The Hall–Kier alpha value is -4.28. The zero-order valence-electron chi connectivity index (χ0n) is 17.6. The molecule has 172 valence electrons. The molecule has 0 aliphatic rings. The number of benzene rings is 1. The predicted molar refractivity (Wildman–Crippen MR) is 115 cm³/mol. The van der Waals surface area contributed by atoms with Gasteiger partial charge in [0.2, 0.25) is 5.88 Å². The largest absolute Gasteiger partial charge is 0.493 e. The average molecular weight is 454 g/mol. The number of carbonyl (C=O) groups excluding carboxylic acids is 2. The van der Waals surface area contributed by atoms with Crippen molar-refractivity contribution in [2.75, 3.05) is 0 Å². The predicted octanol–water partition coefficient (Wildman–Crippen LogP) is 1.74. The third-order valence-corrected chi connectivity index (χ3v) is 5.19. The van der Waals surface area contributed by atoms with Crippen molar-refractivity contribution in [3.05, 3.63) is 53.0 Å². The lowest BCUT2D eigenvalue weighted by molar-refractivity contribution is -0.140. The Bertz CT molecular complexity index is 1200. The van der Waals surface area contributed by atoms with Gasteiger partial charge in [-0.1, -0.05) is 12.1 Å². The first kappa shape index (κ1) is 23.4. The van der Waals surface area contributed by atoms with Crippen LogP contribution >= 0.6 is 0 Å². The van der Waals surface area contributed by atoms with Gasteiger partial charge in [-0.25, -0.2) is 9.78 Å². The first-order valence-electron chi connectivity index (χ1n) is 10.0. The molecular weight excluding hydrogens is 432 g/mol. The Morgan fingerprint density at radius 2 is 1.85 bits per heavy atom. The van der Waals surface area contributed by atoms with Crippen molar-refractivity contribution in [1.82, 2.24) is 20.3 Å². The zero-order chi connectivity index (χ0) is 24.1. The summed E-state index contributed by atoms with van der Waals surface area (Å²) in [4.78, 5) is 57.0. The fraction of sp³-hybridized carbons (Fsp3) is 0.273. The van der Waals surface area contributed by atoms with Crippen molar-refractivity contribution in [2.24, 2.45) is 0 Å². The minimum Gasteiger partial charge on any atom is -0.493 e. The number of carbonyl (C=O) groups is 4. The zero-order valence-corrected chi connectivity index (χ0v) is 17.6. The van der Waals surface area contributed by atoms with Crippen molar-refractivity contribution >= 4 is 35.2 Å². The van der Waals surface area contributed by atoms with Crippen LogP contribution in [0.2, 0.25) is 0 Å². The standard InChI is InChI=1S/C22H22N4O7/c1-11-24-19-18(21(31)25-11)15(10-23-19)14(8-9-27)12-2-4-13(5-3-12)20(30)26-16(22(32)33)6-7-17(28)29/h2-5,9-10,14,16H,6-8H2,1H3,(H,26,30)(H,28,29)(H,32,33)(H2,23,24,25,31)/t14?,16-/m0/s1. The van der Waals surface area contributed by atoms with Crippen LogP contribution in [0.4, 0.5) is 0 Å². The summed E-state index contributed by atoms with van der Waals surface area (Å²) in [5.74, 6) is -3.43. The molecule has 0 aliphatic carbocycles. The van der Waals surface area contributed by atoms with Crippen LogP contribution in [-0.4, -0.2) is 60.4 Å². The molecule has 1 aromatic carbocycles. The number of aryl methyl sites for hydroxylation is 1. The molecule has 1 amide bonds. The molecule has 11 nitrogen and oxygen atoms in total. The number of rotatable bonds is 10. The van der Waals surface area contributed by atoms with Crippen molar-refractivity contribution in [3.63, 3.8) is 0 Å². The first-order chi connectivity index (χ1) is 15.7. The highest BCUT2D eigenvalue weighted by Gasteiger charge is 2.24. The van der Waals surface area contributed by atoms with E-state index in [4.69, 9.17) is 5.11 Å². The Labute approximate surface area is 187 Å². The van der Waals surface area contributed by atoms with Gasteiger partial charge in [-0.05, 0) is 36.6 Å². The molecule has 0 aliphatic heterocycles. The highest BCUT2D eigenvalue weighted by Crippen LogP contribution is 2.35. The van der Waals surface area contributed by atoms with E-state index >= 15 is 0 Å². The number of carboxylic acid groups (broad SMARTS) is 2. The second kappa shape index (κ2) is 9.90. The fourth-order valence-electron chi connectivity index (χ4n) is 3.59. The molecule has 3 aromatic rings. The number of fused-ring (bicyclic) bond motifs is 1. The van der Waals surface area contributed by atoms with E-state index in [0.717, 1.165) is 6.29 Å². The number of aldehydes is 1. The summed E-state index contributed by atoms with van der Waals surface area (Å²) >= 11 is 0. The lowest BCUT2D eigenvalue weighted by atomic mass is 9.88. The van der Waals surface area contributed by atoms with E-state index in [0.29, 0.717) is 28.0 Å². The molecule has 3 rings (SSSR count). The maximum Gasteiger partial charge on any atom is 0.326 e. The Morgan fingerprint density at radius 1 is 1.15 bits per heavy atom. The summed E-state index contributed by atoms with van der Waals surface area (Å²) in [6, 6.07) is 4.87. The maximum absolute atomic E-state index is 12.5. The summed E-state index contributed by atoms with van der Waals surface area (Å²) in [5.41, 5.74) is 1.90. The molecule has 0 spiro atoms. The maximum atomic E-state index is 12.5. The van der Waals surface area contributed by atoms with Gasteiger partial charge in [-0.3, -0.25) is 9.59 Å². The number of aliphatic carboxylic acids is 2. The monoisotopic (exact) mass is 454 g/mol. The van der Waals surface area contributed by atoms with Gasteiger partial charge in [0, 0.05) is 30.5 Å².